The van der Waals surface area contributed by atoms with Crippen molar-refractivity contribution in [3.8, 4) is 0 Å². The SMILES string of the molecule is CC(O)C(N)(F)F. The van der Waals surface area contributed by atoms with Gasteiger partial charge in [-0.1, -0.05) is 0 Å². The van der Waals surface area contributed by atoms with Crippen LogP contribution in [0.4, 0.5) is 8.78 Å². The van der Waals surface area contributed by atoms with Gasteiger partial charge in [0.05, 0.1) is 0 Å². The molecule has 0 aliphatic rings. The molecular weight excluding hydrogens is 104 g/mol. The minimum Gasteiger partial charge on any atom is -0.386 e. The fraction of sp³-hybridized carbons (Fsp3) is 1.00. The molecule has 0 fully saturated rings. The molecule has 0 spiro atoms. The highest BCUT2D eigenvalue weighted by Crippen LogP contribution is 2.08. The van der Waals surface area contributed by atoms with Crippen molar-refractivity contribution in [1.82, 2.24) is 0 Å². The van der Waals surface area contributed by atoms with Crippen LogP contribution >= 0.6 is 0 Å². The first-order valence-electron chi connectivity index (χ1n) is 1.79. The van der Waals surface area contributed by atoms with Gasteiger partial charge in [-0.05, 0) is 6.92 Å². The number of alkyl halides is 2. The largest absolute Gasteiger partial charge is 0.386 e. The van der Waals surface area contributed by atoms with Crippen LogP contribution in [0.25, 0.3) is 0 Å². The first-order valence-corrected chi connectivity index (χ1v) is 1.79. The molecule has 1 atom stereocenters. The normalized spacial score (nSPS) is 16.7. The topological polar surface area (TPSA) is 46.2 Å². The quantitative estimate of drug-likeness (QED) is 0.465. The van der Waals surface area contributed by atoms with Gasteiger partial charge in [0, 0.05) is 0 Å². The number of aliphatic hydroxyl groups excluding tert-OH is 1. The third-order valence-electron chi connectivity index (χ3n) is 0.557. The Morgan fingerprint density at radius 1 is 1.71 bits per heavy atom. The molecule has 2 nitrogen and oxygen atoms in total. The van der Waals surface area contributed by atoms with Gasteiger partial charge in [-0.3, -0.25) is 5.73 Å². The second kappa shape index (κ2) is 1.71. The second-order valence-corrected chi connectivity index (χ2v) is 1.35. The van der Waals surface area contributed by atoms with Crippen LogP contribution in [-0.4, -0.2) is 17.3 Å². The molecule has 0 aromatic rings. The number of nitrogens with two attached hydrogens (primary N) is 1. The summed E-state index contributed by atoms with van der Waals surface area (Å²) >= 11 is 0. The zero-order valence-electron chi connectivity index (χ0n) is 3.86. The van der Waals surface area contributed by atoms with Gasteiger partial charge in [-0.15, -0.1) is 0 Å². The molecule has 44 valence electrons. The zero-order chi connectivity index (χ0) is 6.08. The Hall–Kier alpha value is -0.220. The lowest BCUT2D eigenvalue weighted by Crippen LogP contribution is -2.40. The lowest BCUT2D eigenvalue weighted by Gasteiger charge is -2.11. The van der Waals surface area contributed by atoms with Crippen molar-refractivity contribution in [3.63, 3.8) is 0 Å². The smallest absolute Gasteiger partial charge is 0.325 e. The van der Waals surface area contributed by atoms with E-state index in [1.54, 1.807) is 0 Å². The van der Waals surface area contributed by atoms with Gasteiger partial charge in [0.25, 0.3) is 0 Å². The number of halogens is 2. The average Bonchev–Trinajstić information content (AvgIpc) is 1.31. The Kier molecular flexibility index (Phi) is 1.66. The van der Waals surface area contributed by atoms with Crippen LogP contribution in [0.2, 0.25) is 0 Å². The van der Waals surface area contributed by atoms with E-state index in [-0.39, 0.29) is 0 Å². The predicted octanol–water partition coefficient (Wildman–Crippen LogP) is -0.0813. The molecule has 4 heteroatoms. The van der Waals surface area contributed by atoms with Crippen molar-refractivity contribution >= 4 is 0 Å². The van der Waals surface area contributed by atoms with Gasteiger partial charge in [0.2, 0.25) is 0 Å². The molecule has 0 radical (unpaired) electrons. The summed E-state index contributed by atoms with van der Waals surface area (Å²) < 4.78 is 22.7. The highest BCUT2D eigenvalue weighted by Gasteiger charge is 2.28. The Bertz CT molecular complexity index is 58.4. The highest BCUT2D eigenvalue weighted by molar-refractivity contribution is 4.61. The molecule has 0 aliphatic carbocycles. The fourth-order valence-electron chi connectivity index (χ4n) is 0. The van der Waals surface area contributed by atoms with E-state index in [2.05, 4.69) is 5.73 Å². The van der Waals surface area contributed by atoms with Crippen LogP contribution in [0.3, 0.4) is 0 Å². The lowest BCUT2D eigenvalue weighted by atomic mass is 10.4. The van der Waals surface area contributed by atoms with Crippen LogP contribution in [0.15, 0.2) is 0 Å². The fourth-order valence-corrected chi connectivity index (χ4v) is 0. The molecule has 0 aromatic carbocycles. The molecule has 0 saturated carbocycles. The van der Waals surface area contributed by atoms with E-state index in [0.717, 1.165) is 6.92 Å². The maximum atomic E-state index is 11.4. The van der Waals surface area contributed by atoms with E-state index in [0.29, 0.717) is 0 Å². The summed E-state index contributed by atoms with van der Waals surface area (Å²) in [5.74, 6) is 0. The molecule has 0 bridgehead atoms. The number of hydrogen-bond donors (Lipinski definition) is 2. The monoisotopic (exact) mass is 111 g/mol. The Morgan fingerprint density at radius 2 is 1.86 bits per heavy atom. The van der Waals surface area contributed by atoms with Gasteiger partial charge in [0.15, 0.2) is 0 Å². The van der Waals surface area contributed by atoms with Gasteiger partial charge in [-0.2, -0.15) is 8.78 Å². The molecular formula is C3H7F2NO. The summed E-state index contributed by atoms with van der Waals surface area (Å²) in [7, 11) is 0. The molecule has 3 N–H and O–H groups in total. The average molecular weight is 111 g/mol. The van der Waals surface area contributed by atoms with Crippen LogP contribution in [0.5, 0.6) is 0 Å². The van der Waals surface area contributed by atoms with Crippen molar-refractivity contribution in [2.45, 2.75) is 19.1 Å². The van der Waals surface area contributed by atoms with E-state index >= 15 is 0 Å². The second-order valence-electron chi connectivity index (χ2n) is 1.35. The molecule has 1 unspecified atom stereocenters. The highest BCUT2D eigenvalue weighted by atomic mass is 19.3. The third-order valence-corrected chi connectivity index (χ3v) is 0.557. The van der Waals surface area contributed by atoms with Crippen molar-refractivity contribution in [2.75, 3.05) is 0 Å². The Morgan fingerprint density at radius 3 is 1.86 bits per heavy atom. The van der Waals surface area contributed by atoms with Gasteiger partial charge < -0.3 is 5.11 Å². The number of aliphatic hydroxyl groups is 1. The molecule has 0 aromatic heterocycles. The summed E-state index contributed by atoms with van der Waals surface area (Å²) in [4.78, 5) is 0. The van der Waals surface area contributed by atoms with Gasteiger partial charge >= 0.3 is 6.05 Å². The molecule has 7 heavy (non-hydrogen) atoms. The maximum absolute atomic E-state index is 11.4. The lowest BCUT2D eigenvalue weighted by molar-refractivity contribution is -0.0940. The van der Waals surface area contributed by atoms with Crippen molar-refractivity contribution in [3.05, 3.63) is 0 Å². The van der Waals surface area contributed by atoms with Crippen LogP contribution in [-0.2, 0) is 0 Å². The van der Waals surface area contributed by atoms with E-state index in [1.165, 1.54) is 0 Å². The molecule has 0 aliphatic heterocycles. The molecule has 0 heterocycles. The summed E-state index contributed by atoms with van der Waals surface area (Å²) in [6.07, 6.45) is -1.76. The summed E-state index contributed by atoms with van der Waals surface area (Å²) in [5, 5.41) is 8.01. The van der Waals surface area contributed by atoms with Crippen molar-refractivity contribution < 1.29 is 13.9 Å². The molecule has 0 amide bonds. The van der Waals surface area contributed by atoms with E-state index < -0.39 is 12.2 Å². The van der Waals surface area contributed by atoms with Crippen LogP contribution in [0, 0.1) is 0 Å². The number of hydrogen-bond acceptors (Lipinski definition) is 2. The van der Waals surface area contributed by atoms with Crippen molar-refractivity contribution in [2.24, 2.45) is 5.73 Å². The zero-order valence-corrected chi connectivity index (χ0v) is 3.86. The van der Waals surface area contributed by atoms with E-state index in [9.17, 15) is 8.78 Å². The number of rotatable bonds is 1. The minimum atomic E-state index is -3.44. The molecule has 0 saturated heterocycles. The summed E-state index contributed by atoms with van der Waals surface area (Å²) in [6.45, 7) is 0.931. The van der Waals surface area contributed by atoms with E-state index in [4.69, 9.17) is 5.11 Å². The van der Waals surface area contributed by atoms with Gasteiger partial charge in [-0.25, -0.2) is 0 Å². The Balaban J connectivity index is 3.54. The van der Waals surface area contributed by atoms with Crippen molar-refractivity contribution in [1.29, 1.82) is 0 Å². The Labute approximate surface area is 39.9 Å². The maximum Gasteiger partial charge on any atom is 0.325 e. The molecule has 0 rings (SSSR count). The van der Waals surface area contributed by atoms with Crippen LogP contribution in [0.1, 0.15) is 6.92 Å². The first kappa shape index (κ1) is 6.78. The first-order chi connectivity index (χ1) is 2.94. The minimum absolute atomic E-state index is 0.931. The predicted molar refractivity (Wildman–Crippen MR) is 20.8 cm³/mol. The standard InChI is InChI=1S/C3H7F2NO/c1-2(7)3(4,5)6/h2,7H,6H2,1H3. The van der Waals surface area contributed by atoms with Crippen LogP contribution < -0.4 is 5.73 Å². The summed E-state index contributed by atoms with van der Waals surface area (Å²) in [6, 6.07) is -3.44. The third kappa shape index (κ3) is 2.47. The van der Waals surface area contributed by atoms with Gasteiger partial charge in [0.1, 0.15) is 6.10 Å². The van der Waals surface area contributed by atoms with E-state index in [1.807, 2.05) is 0 Å². The summed E-state index contributed by atoms with van der Waals surface area (Å²) in [5.41, 5.74) is 4.09.